The molecule has 9 nitrogen and oxygen atoms in total. The number of benzene rings is 3. The predicted molar refractivity (Wildman–Crippen MR) is 153 cm³/mol. The molecule has 3 aromatic rings. The summed E-state index contributed by atoms with van der Waals surface area (Å²) >= 11 is 0. The van der Waals surface area contributed by atoms with Gasteiger partial charge in [-0.05, 0) is 73.2 Å². The molecule has 2 aliphatic heterocycles. The third-order valence-electron chi connectivity index (χ3n) is 7.39. The summed E-state index contributed by atoms with van der Waals surface area (Å²) in [5.41, 5.74) is 3.01. The van der Waals surface area contributed by atoms with Crippen LogP contribution >= 0.6 is 0 Å². The van der Waals surface area contributed by atoms with Gasteiger partial charge in [-0.3, -0.25) is 14.4 Å². The molecular formula is C31H31FN6O3. The number of anilines is 2. The zero-order valence-corrected chi connectivity index (χ0v) is 22.6. The van der Waals surface area contributed by atoms with E-state index in [1.165, 1.54) is 24.3 Å². The van der Waals surface area contributed by atoms with E-state index in [9.17, 15) is 18.8 Å². The van der Waals surface area contributed by atoms with E-state index < -0.39 is 5.82 Å². The minimum atomic E-state index is -0.391. The SMILES string of the molecule is N#Cc1ccc(C(=O)Nc2cc(C(=O)N3CCNCC3)ccc2N2CCCN(C(=O)c3ccc(F)cc3)CC2)cc1. The lowest BCUT2D eigenvalue weighted by Crippen LogP contribution is -2.46. The molecule has 0 aromatic heterocycles. The average molecular weight is 555 g/mol. The molecule has 3 aromatic carbocycles. The Hall–Kier alpha value is -4.75. The lowest BCUT2D eigenvalue weighted by atomic mass is 10.1. The molecule has 10 heteroatoms. The quantitative estimate of drug-likeness (QED) is 0.501. The molecule has 0 radical (unpaired) electrons. The van der Waals surface area contributed by atoms with Crippen LogP contribution < -0.4 is 15.5 Å². The van der Waals surface area contributed by atoms with Crippen LogP contribution in [0.15, 0.2) is 66.7 Å². The standard InChI is InChI=1S/C31H31FN6O3/c32-26-9-6-24(7-10-26)30(40)37-15-1-14-36(18-19-37)28-11-8-25(31(41)38-16-12-34-13-17-38)20-27(28)35-29(39)23-4-2-22(21-33)3-5-23/h2-11,20,34H,1,12-19H2,(H,35,39). The van der Waals surface area contributed by atoms with Gasteiger partial charge in [0.25, 0.3) is 17.7 Å². The minimum absolute atomic E-state index is 0.0983. The van der Waals surface area contributed by atoms with E-state index in [1.54, 1.807) is 46.2 Å². The molecular weight excluding hydrogens is 523 g/mol. The molecule has 2 aliphatic rings. The van der Waals surface area contributed by atoms with Crippen molar-refractivity contribution in [3.63, 3.8) is 0 Å². The van der Waals surface area contributed by atoms with Gasteiger partial charge in [0, 0.05) is 69.0 Å². The first kappa shape index (κ1) is 27.8. The Bertz CT molecular complexity index is 1460. The molecule has 5 rings (SSSR count). The summed E-state index contributed by atoms with van der Waals surface area (Å²) in [6.45, 7) is 4.81. The van der Waals surface area contributed by atoms with Crippen LogP contribution in [0.5, 0.6) is 0 Å². The maximum absolute atomic E-state index is 13.4. The highest BCUT2D eigenvalue weighted by Gasteiger charge is 2.24. The van der Waals surface area contributed by atoms with Crippen molar-refractivity contribution in [3.8, 4) is 6.07 Å². The molecule has 2 heterocycles. The maximum atomic E-state index is 13.4. The second-order valence-electron chi connectivity index (χ2n) is 10.1. The molecule has 3 amide bonds. The van der Waals surface area contributed by atoms with Crippen LogP contribution in [0.1, 0.15) is 43.1 Å². The monoisotopic (exact) mass is 554 g/mol. The molecule has 2 N–H and O–H groups in total. The molecule has 0 aliphatic carbocycles. The third kappa shape index (κ3) is 6.53. The zero-order valence-electron chi connectivity index (χ0n) is 22.6. The first-order valence-electron chi connectivity index (χ1n) is 13.7. The zero-order chi connectivity index (χ0) is 28.8. The molecule has 210 valence electrons. The van der Waals surface area contributed by atoms with Gasteiger partial charge in [-0.2, -0.15) is 5.26 Å². The number of halogens is 1. The fourth-order valence-corrected chi connectivity index (χ4v) is 5.12. The summed E-state index contributed by atoms with van der Waals surface area (Å²) in [6.07, 6.45) is 0.692. The van der Waals surface area contributed by atoms with Gasteiger partial charge in [0.15, 0.2) is 0 Å². The topological polar surface area (TPSA) is 109 Å². The van der Waals surface area contributed by atoms with Crippen molar-refractivity contribution in [1.29, 1.82) is 5.26 Å². The number of nitrogens with zero attached hydrogens (tertiary/aromatic N) is 4. The highest BCUT2D eigenvalue weighted by atomic mass is 19.1. The van der Waals surface area contributed by atoms with Crippen molar-refractivity contribution in [2.75, 3.05) is 62.6 Å². The van der Waals surface area contributed by atoms with E-state index in [4.69, 9.17) is 5.26 Å². The lowest BCUT2D eigenvalue weighted by Gasteiger charge is -2.29. The Balaban J connectivity index is 1.39. The summed E-state index contributed by atoms with van der Waals surface area (Å²) in [6, 6.07) is 19.3. The van der Waals surface area contributed by atoms with Crippen molar-refractivity contribution in [1.82, 2.24) is 15.1 Å². The predicted octanol–water partition coefficient (Wildman–Crippen LogP) is 3.35. The number of rotatable bonds is 5. The Morgan fingerprint density at radius 1 is 0.756 bits per heavy atom. The Morgan fingerprint density at radius 3 is 2.10 bits per heavy atom. The number of nitriles is 1. The van der Waals surface area contributed by atoms with Gasteiger partial charge < -0.3 is 25.3 Å². The number of carbonyl (C=O) groups excluding carboxylic acids is 3. The summed E-state index contributed by atoms with van der Waals surface area (Å²) in [4.78, 5) is 45.2. The normalized spacial score (nSPS) is 15.6. The van der Waals surface area contributed by atoms with Crippen LogP contribution in [-0.2, 0) is 0 Å². The molecule has 0 unspecified atom stereocenters. The molecule has 0 spiro atoms. The highest BCUT2D eigenvalue weighted by molar-refractivity contribution is 6.07. The van der Waals surface area contributed by atoms with E-state index in [0.717, 1.165) is 18.8 Å². The molecule has 2 saturated heterocycles. The van der Waals surface area contributed by atoms with E-state index in [-0.39, 0.29) is 17.7 Å². The second-order valence-corrected chi connectivity index (χ2v) is 10.1. The van der Waals surface area contributed by atoms with E-state index in [2.05, 4.69) is 15.5 Å². The first-order chi connectivity index (χ1) is 19.9. The minimum Gasteiger partial charge on any atom is -0.368 e. The van der Waals surface area contributed by atoms with Crippen LogP contribution in [0.4, 0.5) is 15.8 Å². The second kappa shape index (κ2) is 12.6. The smallest absolute Gasteiger partial charge is 0.255 e. The van der Waals surface area contributed by atoms with Crippen LogP contribution in [-0.4, -0.2) is 79.9 Å². The number of piperazine rings is 1. The van der Waals surface area contributed by atoms with Gasteiger partial charge in [-0.15, -0.1) is 0 Å². The lowest BCUT2D eigenvalue weighted by molar-refractivity contribution is 0.0734. The fourth-order valence-electron chi connectivity index (χ4n) is 5.12. The van der Waals surface area contributed by atoms with Gasteiger partial charge in [-0.1, -0.05) is 0 Å². The number of hydrogen-bond donors (Lipinski definition) is 2. The Kier molecular flexibility index (Phi) is 8.56. The van der Waals surface area contributed by atoms with Crippen LogP contribution in [0.3, 0.4) is 0 Å². The van der Waals surface area contributed by atoms with Gasteiger partial charge in [-0.25, -0.2) is 4.39 Å². The van der Waals surface area contributed by atoms with Crippen molar-refractivity contribution < 1.29 is 18.8 Å². The van der Waals surface area contributed by atoms with Crippen molar-refractivity contribution >= 4 is 29.1 Å². The van der Waals surface area contributed by atoms with E-state index in [1.807, 2.05) is 12.1 Å². The number of hydrogen-bond acceptors (Lipinski definition) is 6. The van der Waals surface area contributed by atoms with Crippen LogP contribution in [0.25, 0.3) is 0 Å². The van der Waals surface area contributed by atoms with Crippen molar-refractivity contribution in [2.45, 2.75) is 6.42 Å². The average Bonchev–Trinajstić information content (AvgIpc) is 3.27. The van der Waals surface area contributed by atoms with Crippen LogP contribution in [0, 0.1) is 17.1 Å². The summed E-state index contributed by atoms with van der Waals surface area (Å²) in [5, 5.41) is 15.3. The van der Waals surface area contributed by atoms with Crippen LogP contribution in [0.2, 0.25) is 0 Å². The highest BCUT2D eigenvalue weighted by Crippen LogP contribution is 2.30. The molecule has 41 heavy (non-hydrogen) atoms. The first-order valence-corrected chi connectivity index (χ1v) is 13.7. The van der Waals surface area contributed by atoms with Gasteiger partial charge in [0.2, 0.25) is 0 Å². The Morgan fingerprint density at radius 2 is 1.39 bits per heavy atom. The molecule has 2 fully saturated rings. The fraction of sp³-hybridized carbons (Fsp3) is 0.290. The van der Waals surface area contributed by atoms with Crippen molar-refractivity contribution in [2.24, 2.45) is 0 Å². The van der Waals surface area contributed by atoms with Gasteiger partial charge >= 0.3 is 0 Å². The number of amides is 3. The third-order valence-corrected chi connectivity index (χ3v) is 7.39. The Labute approximate surface area is 238 Å². The van der Waals surface area contributed by atoms with Gasteiger partial charge in [0.05, 0.1) is 23.0 Å². The molecule has 0 bridgehead atoms. The van der Waals surface area contributed by atoms with E-state index in [0.29, 0.717) is 73.6 Å². The van der Waals surface area contributed by atoms with Gasteiger partial charge in [0.1, 0.15) is 5.82 Å². The summed E-state index contributed by atoms with van der Waals surface area (Å²) in [7, 11) is 0. The molecule has 0 saturated carbocycles. The molecule has 0 atom stereocenters. The summed E-state index contributed by atoms with van der Waals surface area (Å²) in [5.74, 6) is -1.000. The van der Waals surface area contributed by atoms with E-state index >= 15 is 0 Å². The largest absolute Gasteiger partial charge is 0.368 e. The number of carbonyl (C=O) groups is 3. The number of nitrogens with one attached hydrogen (secondary N) is 2. The summed E-state index contributed by atoms with van der Waals surface area (Å²) < 4.78 is 13.4. The maximum Gasteiger partial charge on any atom is 0.255 e. The van der Waals surface area contributed by atoms with Crippen molar-refractivity contribution in [3.05, 3.63) is 94.8 Å².